The van der Waals surface area contributed by atoms with Crippen LogP contribution in [0.15, 0.2) is 24.3 Å². The van der Waals surface area contributed by atoms with Gasteiger partial charge in [-0.1, -0.05) is 103 Å². The van der Waals surface area contributed by atoms with E-state index in [1.54, 1.807) is 0 Å². The molecule has 48 heavy (non-hydrogen) atoms. The number of hydrogen-bond acceptors (Lipinski definition) is 10. The molecule has 0 bridgehead atoms. The zero-order valence-corrected chi connectivity index (χ0v) is 30.5. The lowest BCUT2D eigenvalue weighted by molar-refractivity contribution is -0.0236. The molecule has 0 atom stereocenters. The van der Waals surface area contributed by atoms with Gasteiger partial charge in [0, 0.05) is 6.61 Å². The van der Waals surface area contributed by atoms with Gasteiger partial charge < -0.3 is 48.4 Å². The third kappa shape index (κ3) is 33.0. The lowest BCUT2D eigenvalue weighted by Gasteiger charge is -2.09. The Kier molecular flexibility index (Phi) is 35.5. The van der Waals surface area contributed by atoms with Gasteiger partial charge in [0.05, 0.1) is 105 Å². The van der Waals surface area contributed by atoms with E-state index in [9.17, 15) is 0 Å². The Morgan fingerprint density at radius 2 is 0.646 bits per heavy atom. The quantitative estimate of drug-likeness (QED) is 0.0560. The van der Waals surface area contributed by atoms with Gasteiger partial charge in [0.2, 0.25) is 0 Å². The molecule has 0 aliphatic rings. The first-order valence-electron chi connectivity index (χ1n) is 18.9. The van der Waals surface area contributed by atoms with Gasteiger partial charge in [0.25, 0.3) is 0 Å². The van der Waals surface area contributed by atoms with Crippen molar-refractivity contribution >= 4 is 5.69 Å². The van der Waals surface area contributed by atoms with Crippen LogP contribution in [0.5, 0.6) is 5.75 Å². The van der Waals surface area contributed by atoms with Gasteiger partial charge >= 0.3 is 0 Å². The van der Waals surface area contributed by atoms with Crippen molar-refractivity contribution in [1.82, 2.24) is 0 Å². The molecule has 2 N–H and O–H groups in total. The molecule has 0 aromatic heterocycles. The fourth-order valence-electron chi connectivity index (χ4n) is 4.86. The molecule has 0 heterocycles. The molecule has 1 aromatic carbocycles. The van der Waals surface area contributed by atoms with Gasteiger partial charge in [-0.3, -0.25) is 0 Å². The predicted molar refractivity (Wildman–Crippen MR) is 193 cm³/mol. The second-order valence-electron chi connectivity index (χ2n) is 11.9. The second kappa shape index (κ2) is 38.3. The molecule has 282 valence electrons. The van der Waals surface area contributed by atoms with E-state index in [1.165, 1.54) is 83.5 Å². The molecule has 0 unspecified atom stereocenters. The van der Waals surface area contributed by atoms with Crippen LogP contribution in [0.1, 0.15) is 96.8 Å². The first-order valence-corrected chi connectivity index (χ1v) is 18.9. The summed E-state index contributed by atoms with van der Waals surface area (Å²) in [6.07, 6.45) is 19.3. The normalized spacial score (nSPS) is 11.4. The smallest absolute Gasteiger partial charge is 0.142 e. The maximum absolute atomic E-state index is 5.83. The number of unbranched alkanes of at least 4 members (excludes halogenated alkanes) is 13. The van der Waals surface area contributed by atoms with Crippen molar-refractivity contribution in [2.24, 2.45) is 0 Å². The minimum atomic E-state index is 0.446. The van der Waals surface area contributed by atoms with Crippen molar-refractivity contribution in [1.29, 1.82) is 0 Å². The zero-order valence-electron chi connectivity index (χ0n) is 30.5. The summed E-state index contributed by atoms with van der Waals surface area (Å²) in [6, 6.07) is 7.41. The van der Waals surface area contributed by atoms with E-state index >= 15 is 0 Å². The molecule has 1 aromatic rings. The van der Waals surface area contributed by atoms with E-state index in [2.05, 4.69) is 6.92 Å². The summed E-state index contributed by atoms with van der Waals surface area (Å²) in [5.74, 6) is 0.676. The molecule has 0 saturated carbocycles. The van der Waals surface area contributed by atoms with E-state index < -0.39 is 0 Å². The highest BCUT2D eigenvalue weighted by molar-refractivity contribution is 5.51. The maximum Gasteiger partial charge on any atom is 0.142 e. The van der Waals surface area contributed by atoms with Crippen LogP contribution in [-0.4, -0.2) is 112 Å². The van der Waals surface area contributed by atoms with Gasteiger partial charge in [-0.05, 0) is 18.6 Å². The lowest BCUT2D eigenvalue weighted by atomic mass is 10.0. The standard InChI is InChI=1S/C38H71NO9/c1-2-3-4-5-6-7-8-9-10-11-12-13-14-17-20-40-21-22-41-23-24-42-25-26-43-27-28-44-29-30-45-31-32-46-33-34-47-35-36-48-38-19-16-15-18-37(38)39/h15-16,18-19H,2-14,17,20-36,39H2,1H3. The average Bonchev–Trinajstić information content (AvgIpc) is 3.10. The molecular weight excluding hydrogens is 614 g/mol. The highest BCUT2D eigenvalue weighted by Crippen LogP contribution is 2.19. The van der Waals surface area contributed by atoms with Gasteiger partial charge in [-0.15, -0.1) is 0 Å². The average molecular weight is 686 g/mol. The van der Waals surface area contributed by atoms with Gasteiger partial charge in [-0.25, -0.2) is 0 Å². The van der Waals surface area contributed by atoms with Crippen molar-refractivity contribution < 1.29 is 42.6 Å². The molecule has 10 heteroatoms. The van der Waals surface area contributed by atoms with Crippen molar-refractivity contribution in [3.05, 3.63) is 24.3 Å². The van der Waals surface area contributed by atoms with Crippen molar-refractivity contribution in [3.63, 3.8) is 0 Å². The minimum absolute atomic E-state index is 0.446. The largest absolute Gasteiger partial charge is 0.489 e. The molecule has 0 fully saturated rings. The number of nitrogens with two attached hydrogens (primary N) is 1. The Bertz CT molecular complexity index is 759. The maximum atomic E-state index is 5.83. The number of hydrogen-bond donors (Lipinski definition) is 1. The monoisotopic (exact) mass is 686 g/mol. The van der Waals surface area contributed by atoms with Crippen molar-refractivity contribution in [3.8, 4) is 5.75 Å². The lowest BCUT2D eigenvalue weighted by Crippen LogP contribution is -2.15. The SMILES string of the molecule is CCCCCCCCCCCCCCCCOCCOCCOCCOCCOCCOCCOCCOCCOc1ccccc1N. The van der Waals surface area contributed by atoms with Crippen molar-refractivity contribution in [2.75, 3.05) is 118 Å². The first kappa shape index (κ1) is 44.5. The van der Waals surface area contributed by atoms with Crippen molar-refractivity contribution in [2.45, 2.75) is 96.8 Å². The summed E-state index contributed by atoms with van der Waals surface area (Å²) in [4.78, 5) is 0. The summed E-state index contributed by atoms with van der Waals surface area (Å²) < 4.78 is 49.8. The Morgan fingerprint density at radius 3 is 1.00 bits per heavy atom. The second-order valence-corrected chi connectivity index (χ2v) is 11.9. The van der Waals surface area contributed by atoms with Crippen LogP contribution in [0.4, 0.5) is 5.69 Å². The van der Waals surface area contributed by atoms with Crippen LogP contribution in [0.25, 0.3) is 0 Å². The van der Waals surface area contributed by atoms with E-state index in [1.807, 2.05) is 24.3 Å². The molecule has 10 nitrogen and oxygen atoms in total. The number of ether oxygens (including phenoxy) is 9. The summed E-state index contributed by atoms with van der Waals surface area (Å²) in [7, 11) is 0. The third-order valence-electron chi connectivity index (χ3n) is 7.65. The fraction of sp³-hybridized carbons (Fsp3) is 0.842. The van der Waals surface area contributed by atoms with E-state index in [-0.39, 0.29) is 0 Å². The Hall–Kier alpha value is -1.50. The van der Waals surface area contributed by atoms with Gasteiger partial charge in [0.15, 0.2) is 0 Å². The van der Waals surface area contributed by atoms with Gasteiger partial charge in [0.1, 0.15) is 12.4 Å². The Labute approximate surface area is 292 Å². The van der Waals surface area contributed by atoms with E-state index in [4.69, 9.17) is 48.4 Å². The predicted octanol–water partition coefficient (Wildman–Crippen LogP) is 7.26. The molecule has 0 aliphatic heterocycles. The summed E-state index contributed by atoms with van der Waals surface area (Å²) in [6.45, 7) is 11.7. The zero-order chi connectivity index (χ0) is 34.3. The summed E-state index contributed by atoms with van der Waals surface area (Å²) in [5, 5.41) is 0. The Morgan fingerprint density at radius 1 is 0.354 bits per heavy atom. The minimum Gasteiger partial charge on any atom is -0.489 e. The highest BCUT2D eigenvalue weighted by Gasteiger charge is 1.99. The third-order valence-corrected chi connectivity index (χ3v) is 7.65. The highest BCUT2D eigenvalue weighted by atomic mass is 16.6. The Balaban J connectivity index is 1.62. The number of anilines is 1. The molecular formula is C38H71NO9. The molecule has 0 amide bonds. The number of rotatable bonds is 40. The first-order chi connectivity index (χ1) is 23.8. The number of benzene rings is 1. The molecule has 0 saturated heterocycles. The number of para-hydroxylation sites is 2. The molecule has 0 radical (unpaired) electrons. The summed E-state index contributed by atoms with van der Waals surface area (Å²) in [5.41, 5.74) is 6.45. The van der Waals surface area contributed by atoms with Gasteiger partial charge in [-0.2, -0.15) is 0 Å². The molecule has 1 rings (SSSR count). The van der Waals surface area contributed by atoms with Crippen LogP contribution in [0, 0.1) is 0 Å². The van der Waals surface area contributed by atoms with E-state index in [0.717, 1.165) is 13.0 Å². The number of nitrogen functional groups attached to an aromatic ring is 1. The fourth-order valence-corrected chi connectivity index (χ4v) is 4.86. The topological polar surface area (TPSA) is 109 Å². The molecule has 0 spiro atoms. The summed E-state index contributed by atoms with van der Waals surface area (Å²) >= 11 is 0. The van der Waals surface area contributed by atoms with Crippen LogP contribution in [0.2, 0.25) is 0 Å². The van der Waals surface area contributed by atoms with Crippen LogP contribution in [-0.2, 0) is 37.9 Å². The molecule has 0 aliphatic carbocycles. The van der Waals surface area contributed by atoms with Crippen LogP contribution >= 0.6 is 0 Å². The van der Waals surface area contributed by atoms with E-state index in [0.29, 0.717) is 117 Å². The van der Waals surface area contributed by atoms with Crippen LogP contribution < -0.4 is 10.5 Å². The van der Waals surface area contributed by atoms with Crippen LogP contribution in [0.3, 0.4) is 0 Å².